The molecule has 0 spiro atoms. The van der Waals surface area contributed by atoms with Crippen LogP contribution in [-0.2, 0) is 14.8 Å². The lowest BCUT2D eigenvalue weighted by molar-refractivity contribution is -0.139. The fourth-order valence-electron chi connectivity index (χ4n) is 2.16. The number of nitrogens with zero attached hydrogens (tertiary/aromatic N) is 2. The minimum Gasteiger partial charge on any atom is -0.479 e. The van der Waals surface area contributed by atoms with Gasteiger partial charge in [-0.2, -0.15) is 5.10 Å². The van der Waals surface area contributed by atoms with Gasteiger partial charge in [-0.05, 0) is 39.0 Å². The number of anilines is 1. The number of aliphatic carboxylic acids is 1. The topological polar surface area (TPSA) is 111 Å². The van der Waals surface area contributed by atoms with Crippen LogP contribution in [0.3, 0.4) is 0 Å². The summed E-state index contributed by atoms with van der Waals surface area (Å²) in [7, 11) is -4.05. The summed E-state index contributed by atoms with van der Waals surface area (Å²) in [5, 5.41) is 12.7. The van der Waals surface area contributed by atoms with Crippen LogP contribution in [0.4, 0.5) is 10.2 Å². The standard InChI is InChI=1S/C15H18FN3O5S/c1-9(2)19-10(3)6-14(17-19)18-25(22,23)11-4-5-13(12(16)7-11)24-8-15(20)21/h4-7,9H,8H2,1-3H3,(H,17,18)(H,20,21). The van der Waals surface area contributed by atoms with Crippen LogP contribution >= 0.6 is 0 Å². The first-order valence-electron chi connectivity index (χ1n) is 7.33. The number of ether oxygens (including phenoxy) is 1. The number of carboxylic acids is 1. The quantitative estimate of drug-likeness (QED) is 0.772. The zero-order valence-corrected chi connectivity index (χ0v) is 14.7. The molecule has 2 N–H and O–H groups in total. The Hall–Kier alpha value is -2.62. The van der Waals surface area contributed by atoms with Crippen LogP contribution in [0.5, 0.6) is 5.75 Å². The average molecular weight is 371 g/mol. The van der Waals surface area contributed by atoms with Crippen molar-refractivity contribution >= 4 is 21.8 Å². The molecule has 0 saturated heterocycles. The summed E-state index contributed by atoms with van der Waals surface area (Å²) in [6.45, 7) is 4.87. The molecule has 2 aromatic rings. The van der Waals surface area contributed by atoms with Crippen LogP contribution in [0.1, 0.15) is 25.6 Å². The number of halogens is 1. The Kier molecular flexibility index (Phi) is 5.31. The molecule has 1 aromatic carbocycles. The molecule has 0 aliphatic heterocycles. The minimum absolute atomic E-state index is 0.0568. The molecule has 1 heterocycles. The molecule has 0 aliphatic carbocycles. The second-order valence-electron chi connectivity index (χ2n) is 5.59. The van der Waals surface area contributed by atoms with E-state index in [-0.39, 0.29) is 22.5 Å². The van der Waals surface area contributed by atoms with Gasteiger partial charge in [-0.25, -0.2) is 17.6 Å². The van der Waals surface area contributed by atoms with Gasteiger partial charge in [-0.3, -0.25) is 9.40 Å². The minimum atomic E-state index is -4.05. The lowest BCUT2D eigenvalue weighted by Gasteiger charge is -2.09. The molecule has 0 radical (unpaired) electrons. The highest BCUT2D eigenvalue weighted by atomic mass is 32.2. The molecule has 0 saturated carbocycles. The van der Waals surface area contributed by atoms with E-state index in [0.717, 1.165) is 23.9 Å². The van der Waals surface area contributed by atoms with Gasteiger partial charge in [0.2, 0.25) is 0 Å². The van der Waals surface area contributed by atoms with E-state index in [0.29, 0.717) is 0 Å². The number of benzene rings is 1. The summed E-state index contributed by atoms with van der Waals surface area (Å²) in [6.07, 6.45) is 0. The Balaban J connectivity index is 2.23. The number of hydrogen-bond acceptors (Lipinski definition) is 5. The van der Waals surface area contributed by atoms with E-state index < -0.39 is 28.4 Å². The predicted octanol–water partition coefficient (Wildman–Crippen LogP) is 2.18. The molecule has 0 atom stereocenters. The summed E-state index contributed by atoms with van der Waals surface area (Å²) < 4.78 is 47.3. The Labute approximate surface area is 144 Å². The first kappa shape index (κ1) is 18.7. The molecular weight excluding hydrogens is 353 g/mol. The smallest absolute Gasteiger partial charge is 0.341 e. The molecule has 0 amide bonds. The Bertz CT molecular complexity index is 893. The molecule has 10 heteroatoms. The van der Waals surface area contributed by atoms with Gasteiger partial charge in [-0.1, -0.05) is 0 Å². The number of nitrogens with one attached hydrogen (secondary N) is 1. The van der Waals surface area contributed by atoms with Crippen LogP contribution in [0.15, 0.2) is 29.2 Å². The van der Waals surface area contributed by atoms with Crippen LogP contribution in [0.2, 0.25) is 0 Å². The predicted molar refractivity (Wildman–Crippen MR) is 87.7 cm³/mol. The molecule has 25 heavy (non-hydrogen) atoms. The van der Waals surface area contributed by atoms with Gasteiger partial charge < -0.3 is 9.84 Å². The Morgan fingerprint density at radius 2 is 2.08 bits per heavy atom. The summed E-state index contributed by atoms with van der Waals surface area (Å²) in [5.41, 5.74) is 0.774. The summed E-state index contributed by atoms with van der Waals surface area (Å²) in [6, 6.07) is 4.56. The zero-order valence-electron chi connectivity index (χ0n) is 13.9. The second kappa shape index (κ2) is 7.09. The van der Waals surface area contributed by atoms with Gasteiger partial charge in [0.25, 0.3) is 10.0 Å². The molecule has 8 nitrogen and oxygen atoms in total. The van der Waals surface area contributed by atoms with Gasteiger partial charge >= 0.3 is 5.97 Å². The van der Waals surface area contributed by atoms with Crippen LogP contribution < -0.4 is 9.46 Å². The van der Waals surface area contributed by atoms with E-state index in [4.69, 9.17) is 9.84 Å². The molecular formula is C15H18FN3O5S. The van der Waals surface area contributed by atoms with Crippen LogP contribution in [-0.4, -0.2) is 35.9 Å². The molecule has 0 aliphatic rings. The number of sulfonamides is 1. The number of aryl methyl sites for hydroxylation is 1. The third-order valence-electron chi connectivity index (χ3n) is 3.22. The van der Waals surface area contributed by atoms with Crippen molar-refractivity contribution in [2.75, 3.05) is 11.3 Å². The molecule has 0 fully saturated rings. The fraction of sp³-hybridized carbons (Fsp3) is 0.333. The van der Waals surface area contributed by atoms with Gasteiger partial charge in [0.05, 0.1) is 4.90 Å². The van der Waals surface area contributed by atoms with E-state index in [1.807, 2.05) is 13.8 Å². The van der Waals surface area contributed by atoms with Gasteiger partial charge in [0, 0.05) is 17.8 Å². The first-order valence-corrected chi connectivity index (χ1v) is 8.81. The van der Waals surface area contributed by atoms with Crippen molar-refractivity contribution in [1.82, 2.24) is 9.78 Å². The molecule has 0 bridgehead atoms. The van der Waals surface area contributed by atoms with Crippen molar-refractivity contribution in [2.24, 2.45) is 0 Å². The average Bonchev–Trinajstić information content (AvgIpc) is 2.85. The maximum atomic E-state index is 13.9. The van der Waals surface area contributed by atoms with Gasteiger partial charge in [0.15, 0.2) is 24.0 Å². The summed E-state index contributed by atoms with van der Waals surface area (Å²) in [4.78, 5) is 10.1. The monoisotopic (exact) mass is 371 g/mol. The van der Waals surface area contributed by atoms with E-state index in [1.54, 1.807) is 17.7 Å². The van der Waals surface area contributed by atoms with Crippen molar-refractivity contribution < 1.29 is 27.4 Å². The number of hydrogen-bond donors (Lipinski definition) is 2. The van der Waals surface area contributed by atoms with Crippen molar-refractivity contribution in [3.05, 3.63) is 35.8 Å². The largest absolute Gasteiger partial charge is 0.479 e. The molecule has 1 aromatic heterocycles. The van der Waals surface area contributed by atoms with E-state index in [2.05, 4.69) is 9.82 Å². The number of carboxylic acid groups (broad SMARTS) is 1. The SMILES string of the molecule is Cc1cc(NS(=O)(=O)c2ccc(OCC(=O)O)c(F)c2)nn1C(C)C. The molecule has 136 valence electrons. The second-order valence-corrected chi connectivity index (χ2v) is 7.27. The zero-order chi connectivity index (χ0) is 18.8. The van der Waals surface area contributed by atoms with E-state index in [1.165, 1.54) is 0 Å². The highest BCUT2D eigenvalue weighted by Crippen LogP contribution is 2.23. The molecule has 2 rings (SSSR count). The maximum Gasteiger partial charge on any atom is 0.341 e. The maximum absolute atomic E-state index is 13.9. The van der Waals surface area contributed by atoms with Crippen LogP contribution in [0.25, 0.3) is 0 Å². The highest BCUT2D eigenvalue weighted by molar-refractivity contribution is 7.92. The third kappa shape index (κ3) is 4.47. The lowest BCUT2D eigenvalue weighted by Crippen LogP contribution is -2.15. The lowest BCUT2D eigenvalue weighted by atomic mass is 10.3. The normalized spacial score (nSPS) is 11.6. The highest BCUT2D eigenvalue weighted by Gasteiger charge is 2.19. The van der Waals surface area contributed by atoms with E-state index >= 15 is 0 Å². The van der Waals surface area contributed by atoms with E-state index in [9.17, 15) is 17.6 Å². The Morgan fingerprint density at radius 1 is 1.40 bits per heavy atom. The van der Waals surface area contributed by atoms with Crippen molar-refractivity contribution in [3.63, 3.8) is 0 Å². The first-order chi connectivity index (χ1) is 11.6. The molecule has 0 unspecified atom stereocenters. The van der Waals surface area contributed by atoms with Crippen LogP contribution in [0, 0.1) is 12.7 Å². The van der Waals surface area contributed by atoms with Crippen molar-refractivity contribution in [3.8, 4) is 5.75 Å². The summed E-state index contributed by atoms with van der Waals surface area (Å²) in [5.74, 6) is -2.47. The van der Waals surface area contributed by atoms with Crippen molar-refractivity contribution in [2.45, 2.75) is 31.7 Å². The van der Waals surface area contributed by atoms with Crippen molar-refractivity contribution in [1.29, 1.82) is 0 Å². The van der Waals surface area contributed by atoms with Gasteiger partial charge in [-0.15, -0.1) is 0 Å². The number of carbonyl (C=O) groups is 1. The van der Waals surface area contributed by atoms with Gasteiger partial charge in [0.1, 0.15) is 0 Å². The third-order valence-corrected chi connectivity index (χ3v) is 4.57. The number of rotatable bonds is 7. The fourth-order valence-corrected chi connectivity index (χ4v) is 3.16. The number of aromatic nitrogens is 2. The summed E-state index contributed by atoms with van der Waals surface area (Å²) >= 11 is 0. The Morgan fingerprint density at radius 3 is 2.60 bits per heavy atom.